The van der Waals surface area contributed by atoms with Crippen molar-refractivity contribution in [3.8, 4) is 0 Å². The molecule has 2 heterocycles. The first-order valence-electron chi connectivity index (χ1n) is 6.99. The van der Waals surface area contributed by atoms with Crippen LogP contribution in [0.5, 0.6) is 0 Å². The Morgan fingerprint density at radius 2 is 2.05 bits per heavy atom. The molecule has 2 aromatic rings. The van der Waals surface area contributed by atoms with Crippen LogP contribution in [0.2, 0.25) is 0 Å². The number of aryl methyl sites for hydroxylation is 1. The molecule has 0 aliphatic rings. The first kappa shape index (κ1) is 14.5. The van der Waals surface area contributed by atoms with Crippen LogP contribution in [0.1, 0.15) is 36.8 Å². The average molecular weight is 270 g/mol. The van der Waals surface area contributed by atoms with Crippen molar-refractivity contribution in [3.63, 3.8) is 0 Å². The maximum Gasteiger partial charge on any atom is 0.133 e. The molecule has 0 radical (unpaired) electrons. The zero-order valence-electron chi connectivity index (χ0n) is 12.4. The molecule has 106 valence electrons. The van der Waals surface area contributed by atoms with Crippen molar-refractivity contribution in [1.29, 1.82) is 0 Å². The Kier molecular flexibility index (Phi) is 4.69. The van der Waals surface area contributed by atoms with Crippen molar-refractivity contribution in [2.45, 2.75) is 33.4 Å². The highest BCUT2D eigenvalue weighted by molar-refractivity contribution is 5.48. The van der Waals surface area contributed by atoms with Gasteiger partial charge in [-0.2, -0.15) is 0 Å². The Labute approximate surface area is 120 Å². The summed E-state index contributed by atoms with van der Waals surface area (Å²) >= 11 is 0. The Morgan fingerprint density at radius 1 is 1.25 bits per heavy atom. The molecule has 0 amide bonds. The maximum atomic E-state index is 6.04. The minimum absolute atomic E-state index is 0.0294. The fourth-order valence-corrected chi connectivity index (χ4v) is 2.25. The summed E-state index contributed by atoms with van der Waals surface area (Å²) in [5.74, 6) is 0.952. The molecule has 4 nitrogen and oxygen atoms in total. The van der Waals surface area contributed by atoms with Gasteiger partial charge in [-0.15, -0.1) is 0 Å². The van der Waals surface area contributed by atoms with Crippen molar-refractivity contribution in [3.05, 3.63) is 53.5 Å². The van der Waals surface area contributed by atoms with E-state index in [-0.39, 0.29) is 6.04 Å². The maximum absolute atomic E-state index is 6.04. The summed E-state index contributed by atoms with van der Waals surface area (Å²) in [7, 11) is 0. The van der Waals surface area contributed by atoms with Crippen LogP contribution >= 0.6 is 0 Å². The van der Waals surface area contributed by atoms with Gasteiger partial charge in [0.1, 0.15) is 5.82 Å². The molecule has 0 bridgehead atoms. The molecule has 0 saturated heterocycles. The van der Waals surface area contributed by atoms with Crippen LogP contribution in [0.25, 0.3) is 0 Å². The van der Waals surface area contributed by atoms with Gasteiger partial charge in [0, 0.05) is 30.0 Å². The molecule has 0 aliphatic carbocycles. The second kappa shape index (κ2) is 6.48. The number of nitrogens with two attached hydrogens (primary N) is 1. The Bertz CT molecular complexity index is 566. The lowest BCUT2D eigenvalue weighted by molar-refractivity contribution is 0.751. The van der Waals surface area contributed by atoms with Crippen LogP contribution in [0.15, 0.2) is 36.5 Å². The molecule has 4 heteroatoms. The SMILES string of the molecule is CCN(Cc1cccc(C)n1)c1ncccc1[C@@H](C)N. The van der Waals surface area contributed by atoms with Crippen LogP contribution < -0.4 is 10.6 Å². The van der Waals surface area contributed by atoms with E-state index < -0.39 is 0 Å². The first-order chi connectivity index (χ1) is 9.61. The van der Waals surface area contributed by atoms with E-state index in [0.29, 0.717) is 0 Å². The zero-order chi connectivity index (χ0) is 14.5. The van der Waals surface area contributed by atoms with Gasteiger partial charge < -0.3 is 10.6 Å². The molecule has 20 heavy (non-hydrogen) atoms. The number of hydrogen-bond donors (Lipinski definition) is 1. The highest BCUT2D eigenvalue weighted by Gasteiger charge is 2.14. The summed E-state index contributed by atoms with van der Waals surface area (Å²) in [6.07, 6.45) is 1.81. The van der Waals surface area contributed by atoms with E-state index in [4.69, 9.17) is 5.73 Å². The fraction of sp³-hybridized carbons (Fsp3) is 0.375. The monoisotopic (exact) mass is 270 g/mol. The van der Waals surface area contributed by atoms with Gasteiger partial charge in [0.2, 0.25) is 0 Å². The van der Waals surface area contributed by atoms with Gasteiger partial charge in [-0.05, 0) is 39.0 Å². The van der Waals surface area contributed by atoms with Crippen LogP contribution in [0, 0.1) is 6.92 Å². The van der Waals surface area contributed by atoms with Crippen LogP contribution in [-0.2, 0) is 6.54 Å². The van der Waals surface area contributed by atoms with Crippen molar-refractivity contribution in [2.75, 3.05) is 11.4 Å². The lowest BCUT2D eigenvalue weighted by atomic mass is 10.1. The van der Waals surface area contributed by atoms with Gasteiger partial charge in [0.25, 0.3) is 0 Å². The average Bonchev–Trinajstić information content (AvgIpc) is 2.45. The smallest absolute Gasteiger partial charge is 0.133 e. The van der Waals surface area contributed by atoms with Crippen LogP contribution in [0.4, 0.5) is 5.82 Å². The molecule has 2 rings (SSSR count). The van der Waals surface area contributed by atoms with E-state index in [0.717, 1.165) is 35.9 Å². The first-order valence-corrected chi connectivity index (χ1v) is 6.99. The minimum atomic E-state index is -0.0294. The number of anilines is 1. The van der Waals surface area contributed by atoms with Gasteiger partial charge in [0.05, 0.1) is 12.2 Å². The molecule has 0 unspecified atom stereocenters. The molecule has 2 N–H and O–H groups in total. The fourth-order valence-electron chi connectivity index (χ4n) is 2.25. The molecule has 0 spiro atoms. The number of hydrogen-bond acceptors (Lipinski definition) is 4. The predicted molar refractivity (Wildman–Crippen MR) is 82.5 cm³/mol. The minimum Gasteiger partial charge on any atom is -0.351 e. The topological polar surface area (TPSA) is 55.0 Å². The number of pyridine rings is 2. The third-order valence-electron chi connectivity index (χ3n) is 3.29. The molecule has 0 saturated carbocycles. The number of aromatic nitrogens is 2. The summed E-state index contributed by atoms with van der Waals surface area (Å²) < 4.78 is 0. The van der Waals surface area contributed by atoms with Crippen LogP contribution in [0.3, 0.4) is 0 Å². The second-order valence-electron chi connectivity index (χ2n) is 4.99. The Balaban J connectivity index is 2.29. The highest BCUT2D eigenvalue weighted by Crippen LogP contribution is 2.23. The summed E-state index contributed by atoms with van der Waals surface area (Å²) in [5, 5.41) is 0. The zero-order valence-corrected chi connectivity index (χ0v) is 12.4. The molecule has 0 aromatic carbocycles. The van der Waals surface area contributed by atoms with Crippen molar-refractivity contribution in [2.24, 2.45) is 5.73 Å². The Morgan fingerprint density at radius 3 is 2.70 bits per heavy atom. The second-order valence-corrected chi connectivity index (χ2v) is 4.99. The van der Waals surface area contributed by atoms with Gasteiger partial charge >= 0.3 is 0 Å². The molecule has 0 fully saturated rings. The summed E-state index contributed by atoms with van der Waals surface area (Å²) in [6.45, 7) is 7.73. The lowest BCUT2D eigenvalue weighted by Gasteiger charge is -2.25. The van der Waals surface area contributed by atoms with E-state index in [1.807, 2.05) is 50.4 Å². The van der Waals surface area contributed by atoms with E-state index in [1.165, 1.54) is 0 Å². The quantitative estimate of drug-likeness (QED) is 0.907. The third kappa shape index (κ3) is 3.33. The van der Waals surface area contributed by atoms with E-state index in [9.17, 15) is 0 Å². The summed E-state index contributed by atoms with van der Waals surface area (Å²) in [5.41, 5.74) is 9.20. The van der Waals surface area contributed by atoms with Gasteiger partial charge in [-0.1, -0.05) is 12.1 Å². The van der Waals surface area contributed by atoms with E-state index in [1.54, 1.807) is 0 Å². The third-order valence-corrected chi connectivity index (χ3v) is 3.29. The molecule has 1 atom stereocenters. The molecular weight excluding hydrogens is 248 g/mol. The number of rotatable bonds is 5. The summed E-state index contributed by atoms with van der Waals surface area (Å²) in [4.78, 5) is 11.3. The largest absolute Gasteiger partial charge is 0.351 e. The molecule has 0 aliphatic heterocycles. The van der Waals surface area contributed by atoms with Crippen LogP contribution in [-0.4, -0.2) is 16.5 Å². The lowest BCUT2D eigenvalue weighted by Crippen LogP contribution is -2.26. The van der Waals surface area contributed by atoms with Crippen molar-refractivity contribution >= 4 is 5.82 Å². The predicted octanol–water partition coefficient (Wildman–Crippen LogP) is 2.83. The van der Waals surface area contributed by atoms with Gasteiger partial charge in [0.15, 0.2) is 0 Å². The van der Waals surface area contributed by atoms with Crippen molar-refractivity contribution in [1.82, 2.24) is 9.97 Å². The van der Waals surface area contributed by atoms with Gasteiger partial charge in [-0.25, -0.2) is 4.98 Å². The molecule has 2 aromatic heterocycles. The Hall–Kier alpha value is -1.94. The number of nitrogens with zero attached hydrogens (tertiary/aromatic N) is 3. The highest BCUT2D eigenvalue weighted by atomic mass is 15.2. The van der Waals surface area contributed by atoms with E-state index in [2.05, 4.69) is 21.8 Å². The normalized spacial score (nSPS) is 12.2. The van der Waals surface area contributed by atoms with Gasteiger partial charge in [-0.3, -0.25) is 4.98 Å². The van der Waals surface area contributed by atoms with Crippen molar-refractivity contribution < 1.29 is 0 Å². The van der Waals surface area contributed by atoms with E-state index >= 15 is 0 Å². The molecular formula is C16H22N4. The standard InChI is InChI=1S/C16H22N4/c1-4-20(11-14-8-5-7-12(2)19-14)16-15(13(3)17)9-6-10-18-16/h5-10,13H,4,11,17H2,1-3H3/t13-/m1/s1. The summed E-state index contributed by atoms with van der Waals surface area (Å²) in [6, 6.07) is 10.0.